The molecular weight excluding hydrogens is 510 g/mol. The van der Waals surface area contributed by atoms with E-state index in [0.29, 0.717) is 16.9 Å². The molecule has 194 valence electrons. The largest absolute Gasteiger partial charge is 0.350 e. The van der Waals surface area contributed by atoms with E-state index in [-0.39, 0.29) is 35.0 Å². The third-order valence-electron chi connectivity index (χ3n) is 5.64. The molecule has 0 fully saturated rings. The van der Waals surface area contributed by atoms with Crippen LogP contribution in [0.2, 0.25) is 5.02 Å². The minimum Gasteiger partial charge on any atom is -0.350 e. The van der Waals surface area contributed by atoms with Crippen LogP contribution in [0.4, 0.5) is 8.78 Å². The van der Waals surface area contributed by atoms with Gasteiger partial charge in [-0.3, -0.25) is 4.79 Å². The molecule has 11 heteroatoms. The number of hydrogen-bond acceptors (Lipinski definition) is 4. The molecule has 1 atom stereocenters. The molecule has 3 rings (SSSR count). The van der Waals surface area contributed by atoms with Gasteiger partial charge in [0.05, 0.1) is 40.8 Å². The molecule has 0 aliphatic carbocycles. The fraction of sp³-hybridized carbons (Fsp3) is 0.360. The topological polar surface area (TPSA) is 93.1 Å². The predicted molar refractivity (Wildman–Crippen MR) is 136 cm³/mol. The Morgan fingerprint density at radius 2 is 1.78 bits per heavy atom. The molecule has 3 aromatic rings. The molecule has 0 bridgehead atoms. The van der Waals surface area contributed by atoms with Crippen LogP contribution in [0.1, 0.15) is 56.1 Å². The molecule has 1 aromatic heterocycles. The molecule has 7 nitrogen and oxygen atoms in total. The summed E-state index contributed by atoms with van der Waals surface area (Å²) < 4.78 is 54.6. The number of nitrogens with zero attached hydrogens (tertiary/aromatic N) is 2. The third-order valence-corrected chi connectivity index (χ3v) is 6.60. The summed E-state index contributed by atoms with van der Waals surface area (Å²) in [7, 11) is -3.46. The Labute approximate surface area is 214 Å². The normalized spacial score (nSPS) is 13.0. The van der Waals surface area contributed by atoms with E-state index in [1.165, 1.54) is 24.3 Å². The number of nitrogens with one attached hydrogen (secondary N) is 2. The molecule has 2 N–H and O–H groups in total. The second kappa shape index (κ2) is 10.7. The number of carbonyl (C=O) groups excluding carboxylic acids is 1. The predicted octanol–water partition coefficient (Wildman–Crippen LogP) is 4.57. The Morgan fingerprint density at radius 1 is 1.08 bits per heavy atom. The maximum Gasteiger partial charge on any atom is 0.227 e. The van der Waals surface area contributed by atoms with E-state index in [2.05, 4.69) is 15.1 Å². The number of rotatable bonds is 8. The fourth-order valence-electron chi connectivity index (χ4n) is 3.42. The van der Waals surface area contributed by atoms with Crippen LogP contribution in [-0.2, 0) is 33.3 Å². The Morgan fingerprint density at radius 3 is 2.36 bits per heavy atom. The van der Waals surface area contributed by atoms with Crippen LogP contribution in [0, 0.1) is 11.6 Å². The van der Waals surface area contributed by atoms with Crippen molar-refractivity contribution in [2.24, 2.45) is 0 Å². The van der Waals surface area contributed by atoms with Crippen molar-refractivity contribution >= 4 is 27.5 Å². The van der Waals surface area contributed by atoms with Crippen LogP contribution < -0.4 is 10.0 Å². The average molecular weight is 539 g/mol. The lowest BCUT2D eigenvalue weighted by Gasteiger charge is -2.15. The summed E-state index contributed by atoms with van der Waals surface area (Å²) in [6.45, 7) is 7.61. The zero-order chi connectivity index (χ0) is 26.8. The standard InChI is InChI=1S/C25H29ClF2N4O3S/c1-15(16-6-7-17(22(28)10-16)13-30-36(5,34)35)24(33)29-14-19-12-23(25(2,3)4)31-32(19)18-8-9-21(27)20(26)11-18/h6-12,15,30H,13-14H2,1-5H3,(H,29,33). The van der Waals surface area contributed by atoms with Gasteiger partial charge in [0.2, 0.25) is 15.9 Å². The van der Waals surface area contributed by atoms with Crippen LogP contribution in [0.25, 0.3) is 5.69 Å². The van der Waals surface area contributed by atoms with Gasteiger partial charge in [-0.1, -0.05) is 44.5 Å². The number of benzene rings is 2. The van der Waals surface area contributed by atoms with E-state index in [1.807, 2.05) is 26.8 Å². The first kappa shape index (κ1) is 27.8. The van der Waals surface area contributed by atoms with E-state index in [0.717, 1.165) is 11.9 Å². The molecule has 2 aromatic carbocycles. The van der Waals surface area contributed by atoms with Crippen LogP contribution in [0.3, 0.4) is 0 Å². The van der Waals surface area contributed by atoms with E-state index < -0.39 is 27.6 Å². The Kier molecular flexibility index (Phi) is 8.22. The lowest BCUT2D eigenvalue weighted by molar-refractivity contribution is -0.122. The number of carbonyl (C=O) groups is 1. The van der Waals surface area contributed by atoms with Crippen LogP contribution in [-0.4, -0.2) is 30.4 Å². The minimum atomic E-state index is -3.46. The van der Waals surface area contributed by atoms with Gasteiger partial charge in [-0.25, -0.2) is 26.6 Å². The van der Waals surface area contributed by atoms with E-state index in [1.54, 1.807) is 23.7 Å². The van der Waals surface area contributed by atoms with Crippen LogP contribution >= 0.6 is 11.6 Å². The molecule has 1 unspecified atom stereocenters. The van der Waals surface area contributed by atoms with E-state index in [9.17, 15) is 22.0 Å². The Bertz CT molecular complexity index is 1380. The number of halogens is 3. The van der Waals surface area contributed by atoms with Gasteiger partial charge in [0, 0.05) is 17.5 Å². The van der Waals surface area contributed by atoms with Crippen molar-refractivity contribution < 1.29 is 22.0 Å². The summed E-state index contributed by atoms with van der Waals surface area (Å²) in [5.74, 6) is -2.16. The smallest absolute Gasteiger partial charge is 0.227 e. The quantitative estimate of drug-likeness (QED) is 0.439. The molecule has 0 aliphatic rings. The van der Waals surface area contributed by atoms with Gasteiger partial charge in [-0.15, -0.1) is 0 Å². The lowest BCUT2D eigenvalue weighted by atomic mass is 9.92. The van der Waals surface area contributed by atoms with Gasteiger partial charge in [0.15, 0.2) is 0 Å². The van der Waals surface area contributed by atoms with Crippen molar-refractivity contribution in [3.05, 3.63) is 81.6 Å². The maximum atomic E-state index is 14.5. The van der Waals surface area contributed by atoms with Gasteiger partial charge in [0.25, 0.3) is 0 Å². The first-order valence-corrected chi connectivity index (χ1v) is 13.5. The average Bonchev–Trinajstić information content (AvgIpc) is 3.22. The van der Waals surface area contributed by atoms with E-state index >= 15 is 0 Å². The summed E-state index contributed by atoms with van der Waals surface area (Å²) in [5.41, 5.74) is 2.34. The molecule has 36 heavy (non-hydrogen) atoms. The van der Waals surface area contributed by atoms with Gasteiger partial charge < -0.3 is 5.32 Å². The maximum absolute atomic E-state index is 14.5. The molecular formula is C25H29ClF2N4O3S. The zero-order valence-electron chi connectivity index (χ0n) is 20.7. The van der Waals surface area contributed by atoms with Crippen LogP contribution in [0.5, 0.6) is 0 Å². The zero-order valence-corrected chi connectivity index (χ0v) is 22.3. The van der Waals surface area contributed by atoms with Crippen molar-refractivity contribution in [3.8, 4) is 5.69 Å². The Balaban J connectivity index is 1.78. The lowest BCUT2D eigenvalue weighted by Crippen LogP contribution is -2.28. The van der Waals surface area contributed by atoms with Gasteiger partial charge in [-0.05, 0) is 42.8 Å². The highest BCUT2D eigenvalue weighted by Crippen LogP contribution is 2.26. The first-order valence-electron chi connectivity index (χ1n) is 11.2. The summed E-state index contributed by atoms with van der Waals surface area (Å²) in [4.78, 5) is 12.9. The van der Waals surface area contributed by atoms with Crippen molar-refractivity contribution in [2.75, 3.05) is 6.26 Å². The van der Waals surface area contributed by atoms with Gasteiger partial charge in [-0.2, -0.15) is 5.10 Å². The molecule has 0 saturated carbocycles. The number of sulfonamides is 1. The third kappa shape index (κ3) is 6.89. The monoisotopic (exact) mass is 538 g/mol. The highest BCUT2D eigenvalue weighted by Gasteiger charge is 2.22. The van der Waals surface area contributed by atoms with Crippen molar-refractivity contribution in [3.63, 3.8) is 0 Å². The van der Waals surface area contributed by atoms with Crippen molar-refractivity contribution in [1.82, 2.24) is 19.8 Å². The SMILES string of the molecule is CC(C(=O)NCc1cc(C(C)(C)C)nn1-c1ccc(F)c(Cl)c1)c1ccc(CNS(C)(=O)=O)c(F)c1. The summed E-state index contributed by atoms with van der Waals surface area (Å²) in [6.07, 6.45) is 0.993. The molecule has 1 amide bonds. The minimum absolute atomic E-state index is 0.0406. The van der Waals surface area contributed by atoms with Gasteiger partial charge in [0.1, 0.15) is 11.6 Å². The molecule has 0 aliphatic heterocycles. The second-order valence-electron chi connectivity index (χ2n) is 9.66. The first-order chi connectivity index (χ1) is 16.7. The molecule has 0 saturated heterocycles. The molecule has 0 spiro atoms. The van der Waals surface area contributed by atoms with Crippen LogP contribution in [0.15, 0.2) is 42.5 Å². The summed E-state index contributed by atoms with van der Waals surface area (Å²) >= 11 is 5.97. The molecule has 0 radical (unpaired) electrons. The Hall–Kier alpha value is -2.82. The van der Waals surface area contributed by atoms with Gasteiger partial charge >= 0.3 is 0 Å². The van der Waals surface area contributed by atoms with E-state index in [4.69, 9.17) is 11.6 Å². The summed E-state index contributed by atoms with van der Waals surface area (Å²) in [6, 6.07) is 10.4. The molecule has 1 heterocycles. The second-order valence-corrected chi connectivity index (χ2v) is 11.9. The van der Waals surface area contributed by atoms with Crippen molar-refractivity contribution in [1.29, 1.82) is 0 Å². The highest BCUT2D eigenvalue weighted by molar-refractivity contribution is 7.88. The number of aromatic nitrogens is 2. The van der Waals surface area contributed by atoms with Crippen molar-refractivity contribution in [2.45, 2.75) is 52.1 Å². The summed E-state index contributed by atoms with van der Waals surface area (Å²) in [5, 5.41) is 7.46. The fourth-order valence-corrected chi connectivity index (χ4v) is 4.01. The number of hydrogen-bond donors (Lipinski definition) is 2. The highest BCUT2D eigenvalue weighted by atomic mass is 35.5. The number of amides is 1.